The Labute approximate surface area is 127 Å². The van der Waals surface area contributed by atoms with Crippen LogP contribution in [0.4, 0.5) is 0 Å². The maximum atomic E-state index is 12.2. The fraction of sp³-hybridized carbons (Fsp3) is 0.250. The molecule has 1 N–H and O–H groups in total. The van der Waals surface area contributed by atoms with E-state index in [1.807, 2.05) is 24.3 Å². The lowest BCUT2D eigenvalue weighted by molar-refractivity contribution is -0.143. The van der Waals surface area contributed by atoms with E-state index in [2.05, 4.69) is 15.0 Å². The van der Waals surface area contributed by atoms with Crippen molar-refractivity contribution in [1.82, 2.24) is 10.3 Å². The number of para-hydroxylation sites is 1. The van der Waals surface area contributed by atoms with E-state index in [1.54, 1.807) is 18.2 Å². The monoisotopic (exact) mass is 297 g/mol. The fourth-order valence-corrected chi connectivity index (χ4v) is 2.02. The van der Waals surface area contributed by atoms with Gasteiger partial charge in [-0.3, -0.25) is 4.79 Å². The van der Waals surface area contributed by atoms with Crippen molar-refractivity contribution < 1.29 is 14.3 Å². The van der Waals surface area contributed by atoms with Crippen molar-refractivity contribution in [1.29, 1.82) is 5.26 Å². The van der Waals surface area contributed by atoms with Crippen LogP contribution in [0.25, 0.3) is 10.9 Å². The van der Waals surface area contributed by atoms with Crippen molar-refractivity contribution in [2.24, 2.45) is 0 Å². The van der Waals surface area contributed by atoms with Crippen molar-refractivity contribution in [3.8, 4) is 6.07 Å². The first-order chi connectivity index (χ1) is 10.7. The van der Waals surface area contributed by atoms with Gasteiger partial charge in [-0.25, -0.2) is 9.78 Å². The smallest absolute Gasteiger partial charge is 0.328 e. The van der Waals surface area contributed by atoms with Gasteiger partial charge < -0.3 is 10.1 Å². The van der Waals surface area contributed by atoms with Crippen molar-refractivity contribution in [3.05, 3.63) is 42.1 Å². The number of nitrogens with zero attached hydrogens (tertiary/aromatic N) is 2. The zero-order chi connectivity index (χ0) is 15.9. The van der Waals surface area contributed by atoms with Gasteiger partial charge in [-0.1, -0.05) is 24.3 Å². The number of carbonyl (C=O) groups excluding carboxylic acids is 2. The van der Waals surface area contributed by atoms with Crippen molar-refractivity contribution in [2.75, 3.05) is 7.11 Å². The molecule has 6 nitrogen and oxygen atoms in total. The maximum absolute atomic E-state index is 12.2. The normalized spacial score (nSPS) is 11.5. The summed E-state index contributed by atoms with van der Waals surface area (Å²) < 4.78 is 4.63. The summed E-state index contributed by atoms with van der Waals surface area (Å²) in [4.78, 5) is 28.1. The van der Waals surface area contributed by atoms with E-state index < -0.39 is 17.9 Å². The van der Waals surface area contributed by atoms with Crippen LogP contribution in [-0.4, -0.2) is 30.0 Å². The number of hydrogen-bond acceptors (Lipinski definition) is 5. The van der Waals surface area contributed by atoms with E-state index >= 15 is 0 Å². The van der Waals surface area contributed by atoms with Gasteiger partial charge in [-0.05, 0) is 18.6 Å². The van der Waals surface area contributed by atoms with Crippen LogP contribution in [0.3, 0.4) is 0 Å². The first-order valence-corrected chi connectivity index (χ1v) is 6.77. The average Bonchev–Trinajstić information content (AvgIpc) is 2.57. The zero-order valence-electron chi connectivity index (χ0n) is 12.1. The van der Waals surface area contributed by atoms with Gasteiger partial charge in [-0.2, -0.15) is 5.26 Å². The Morgan fingerprint density at radius 1 is 1.32 bits per heavy atom. The molecule has 0 aliphatic rings. The summed E-state index contributed by atoms with van der Waals surface area (Å²) >= 11 is 0. The lowest BCUT2D eigenvalue weighted by Crippen LogP contribution is -2.41. The molecule has 0 aliphatic carbocycles. The summed E-state index contributed by atoms with van der Waals surface area (Å²) in [5.74, 6) is -1.05. The predicted molar refractivity (Wildman–Crippen MR) is 79.9 cm³/mol. The Hall–Kier alpha value is -2.94. The van der Waals surface area contributed by atoms with Crippen LogP contribution < -0.4 is 5.32 Å². The average molecular weight is 297 g/mol. The minimum absolute atomic E-state index is 0.144. The van der Waals surface area contributed by atoms with E-state index in [0.29, 0.717) is 5.52 Å². The SMILES string of the molecule is COC(=O)[C@H](CCC#N)NC(=O)c1ccc2ccccc2n1. The molecule has 0 spiro atoms. The highest BCUT2D eigenvalue weighted by Crippen LogP contribution is 2.12. The number of aromatic nitrogens is 1. The number of rotatable bonds is 5. The molecule has 22 heavy (non-hydrogen) atoms. The minimum Gasteiger partial charge on any atom is -0.467 e. The standard InChI is InChI=1S/C16H15N3O3/c1-22-16(21)14(7-4-10-17)19-15(20)13-9-8-11-5-2-3-6-12(11)18-13/h2-3,5-6,8-9,14H,4,7H2,1H3,(H,19,20)/t14-/m0/s1. The van der Waals surface area contributed by atoms with E-state index in [1.165, 1.54) is 7.11 Å². The third kappa shape index (κ3) is 3.58. The molecule has 2 rings (SSSR count). The molecule has 0 fully saturated rings. The number of hydrogen-bond donors (Lipinski definition) is 1. The number of nitrogens with one attached hydrogen (secondary N) is 1. The van der Waals surface area contributed by atoms with Gasteiger partial charge in [0.2, 0.25) is 0 Å². The van der Waals surface area contributed by atoms with Crippen LogP contribution in [0.5, 0.6) is 0 Å². The number of carbonyl (C=O) groups is 2. The molecule has 0 saturated carbocycles. The van der Waals surface area contributed by atoms with Crippen LogP contribution in [0.2, 0.25) is 0 Å². The lowest BCUT2D eigenvalue weighted by Gasteiger charge is -2.15. The predicted octanol–water partition coefficient (Wildman–Crippen LogP) is 1.81. The first-order valence-electron chi connectivity index (χ1n) is 6.77. The van der Waals surface area contributed by atoms with Gasteiger partial charge in [0.05, 0.1) is 18.7 Å². The van der Waals surface area contributed by atoms with E-state index in [-0.39, 0.29) is 18.5 Å². The van der Waals surface area contributed by atoms with Gasteiger partial charge in [0.15, 0.2) is 0 Å². The third-order valence-electron chi connectivity index (χ3n) is 3.17. The largest absolute Gasteiger partial charge is 0.467 e. The molecule has 112 valence electrons. The molecule has 0 bridgehead atoms. The number of benzene rings is 1. The fourth-order valence-electron chi connectivity index (χ4n) is 2.02. The van der Waals surface area contributed by atoms with Gasteiger partial charge in [0, 0.05) is 11.8 Å². The van der Waals surface area contributed by atoms with Crippen LogP contribution in [-0.2, 0) is 9.53 Å². The molecule has 6 heteroatoms. The maximum Gasteiger partial charge on any atom is 0.328 e. The summed E-state index contributed by atoms with van der Waals surface area (Å²) in [6.45, 7) is 0. The van der Waals surface area contributed by atoms with Gasteiger partial charge in [-0.15, -0.1) is 0 Å². The molecule has 1 heterocycles. The van der Waals surface area contributed by atoms with E-state index in [4.69, 9.17) is 5.26 Å². The Morgan fingerprint density at radius 3 is 2.82 bits per heavy atom. The molecule has 1 atom stereocenters. The van der Waals surface area contributed by atoms with Gasteiger partial charge in [0.25, 0.3) is 5.91 Å². The van der Waals surface area contributed by atoms with Crippen LogP contribution in [0.1, 0.15) is 23.3 Å². The third-order valence-corrected chi connectivity index (χ3v) is 3.17. The number of fused-ring (bicyclic) bond motifs is 1. The van der Waals surface area contributed by atoms with E-state index in [0.717, 1.165) is 5.39 Å². The van der Waals surface area contributed by atoms with Gasteiger partial charge in [0.1, 0.15) is 11.7 Å². The quantitative estimate of drug-likeness (QED) is 0.850. The van der Waals surface area contributed by atoms with E-state index in [9.17, 15) is 9.59 Å². The molecule has 0 saturated heterocycles. The highest BCUT2D eigenvalue weighted by molar-refractivity contribution is 5.97. The summed E-state index contributed by atoms with van der Waals surface area (Å²) in [6.07, 6.45) is 0.341. The number of esters is 1. The Balaban J connectivity index is 2.17. The number of amides is 1. The molecule has 1 aromatic heterocycles. The summed E-state index contributed by atoms with van der Waals surface area (Å²) in [6, 6.07) is 11.9. The highest BCUT2D eigenvalue weighted by atomic mass is 16.5. The Morgan fingerprint density at radius 2 is 2.09 bits per heavy atom. The lowest BCUT2D eigenvalue weighted by atomic mass is 10.1. The Kier molecular flexibility index (Phi) is 5.04. The molecule has 0 aliphatic heterocycles. The second-order valence-corrected chi connectivity index (χ2v) is 4.64. The highest BCUT2D eigenvalue weighted by Gasteiger charge is 2.22. The zero-order valence-corrected chi connectivity index (χ0v) is 12.1. The molecule has 0 unspecified atom stereocenters. The number of ether oxygens (including phenoxy) is 1. The minimum atomic E-state index is -0.856. The number of nitriles is 1. The molecular weight excluding hydrogens is 282 g/mol. The number of pyridine rings is 1. The second-order valence-electron chi connectivity index (χ2n) is 4.64. The molecule has 2 aromatic rings. The number of methoxy groups -OCH3 is 1. The summed E-state index contributed by atoms with van der Waals surface area (Å²) in [5, 5.41) is 12.1. The molecular formula is C16H15N3O3. The molecule has 0 radical (unpaired) electrons. The van der Waals surface area contributed by atoms with Crippen LogP contribution in [0, 0.1) is 11.3 Å². The first kappa shape index (κ1) is 15.4. The molecule has 1 aromatic carbocycles. The Bertz CT molecular complexity index is 737. The van der Waals surface area contributed by atoms with Crippen molar-refractivity contribution >= 4 is 22.8 Å². The van der Waals surface area contributed by atoms with Crippen LogP contribution in [0.15, 0.2) is 36.4 Å². The molecule has 1 amide bonds. The summed E-state index contributed by atoms with van der Waals surface area (Å²) in [7, 11) is 1.24. The second kappa shape index (κ2) is 7.18. The van der Waals surface area contributed by atoms with Crippen molar-refractivity contribution in [3.63, 3.8) is 0 Å². The topological polar surface area (TPSA) is 92.1 Å². The summed E-state index contributed by atoms with van der Waals surface area (Å²) in [5.41, 5.74) is 0.909. The van der Waals surface area contributed by atoms with Gasteiger partial charge >= 0.3 is 5.97 Å². The van der Waals surface area contributed by atoms with Crippen LogP contribution >= 0.6 is 0 Å². The van der Waals surface area contributed by atoms with Crippen molar-refractivity contribution in [2.45, 2.75) is 18.9 Å².